The van der Waals surface area contributed by atoms with E-state index in [1.807, 2.05) is 138 Å². The molecule has 0 saturated heterocycles. The summed E-state index contributed by atoms with van der Waals surface area (Å²) in [6.45, 7) is 10.8. The van der Waals surface area contributed by atoms with Gasteiger partial charge in [-0.25, -0.2) is 8.42 Å². The predicted molar refractivity (Wildman–Crippen MR) is 488 cm³/mol. The number of phenolic OH excluding ortho intramolecular Hbond substituents is 1. The molecule has 125 heavy (non-hydrogen) atoms. The summed E-state index contributed by atoms with van der Waals surface area (Å²) in [7, 11) is -13.8. The highest BCUT2D eigenvalue weighted by atomic mass is 35.7. The van der Waals surface area contributed by atoms with Crippen LogP contribution in [0.5, 0.6) is 17.2 Å². The van der Waals surface area contributed by atoms with Crippen molar-refractivity contribution < 1.29 is 103 Å². The summed E-state index contributed by atoms with van der Waals surface area (Å²) in [5, 5.41) is 29.7. The number of phenols is 1. The SMILES string of the molecule is Cc1ccc(S(=O)(=O)Cl)cc1.Cc1ccc(S(=O)(=O)OCCOCCOS(=O)(=O)c2ccc(C)cc2)cc1.Cc1ccc(S(=O)(=O)OCCOCCOS(=O)(=O)c2ccc(C)cc2)cc1.O=c1c2ccccc2sc2cc(OCCOCCOc3ccc4sc5ccccc5c(=O)c4c3)ccc12.O=c1c2ccccc2sc2ccc(O)cc12.OCCOCCO. The normalized spacial score (nSPS) is 11.6. The quantitative estimate of drug-likeness (QED) is 0.0149. The Morgan fingerprint density at radius 2 is 0.536 bits per heavy atom. The second-order valence-electron chi connectivity index (χ2n) is 27.0. The van der Waals surface area contributed by atoms with Crippen molar-refractivity contribution in [1.29, 1.82) is 0 Å². The van der Waals surface area contributed by atoms with Gasteiger partial charge in [0.2, 0.25) is 0 Å². The first-order valence-electron chi connectivity index (χ1n) is 38.5. The lowest BCUT2D eigenvalue weighted by Gasteiger charge is -2.10. The lowest BCUT2D eigenvalue weighted by atomic mass is 10.2. The van der Waals surface area contributed by atoms with Gasteiger partial charge < -0.3 is 43.7 Å². The molecule has 14 aromatic rings. The van der Waals surface area contributed by atoms with Crippen molar-refractivity contribution in [1.82, 2.24) is 0 Å². The van der Waals surface area contributed by atoms with E-state index >= 15 is 0 Å². The van der Waals surface area contributed by atoms with Crippen molar-refractivity contribution in [2.45, 2.75) is 59.1 Å². The number of benzene rings is 11. The molecule has 0 amide bonds. The molecule has 0 saturated carbocycles. The van der Waals surface area contributed by atoms with E-state index in [0.29, 0.717) is 72.7 Å². The second kappa shape index (κ2) is 48.2. The maximum atomic E-state index is 12.8. The number of aliphatic hydroxyl groups is 2. The van der Waals surface area contributed by atoms with Gasteiger partial charge in [-0.1, -0.05) is 125 Å². The first-order valence-corrected chi connectivity index (χ1v) is 48.8. The molecule has 0 bridgehead atoms. The molecule has 3 N–H and O–H groups in total. The average molecular weight is 1880 g/mol. The zero-order chi connectivity index (χ0) is 90.2. The van der Waals surface area contributed by atoms with E-state index in [-0.39, 0.29) is 113 Å². The van der Waals surface area contributed by atoms with Crippen molar-refractivity contribution >= 4 is 155 Å². The molecule has 0 aliphatic carbocycles. The molecule has 0 radical (unpaired) electrons. The summed E-state index contributed by atoms with van der Waals surface area (Å²) in [6.07, 6.45) is 0. The van der Waals surface area contributed by atoms with E-state index < -0.39 is 49.5 Å². The van der Waals surface area contributed by atoms with E-state index in [4.69, 9.17) is 61.3 Å². The van der Waals surface area contributed by atoms with Gasteiger partial charge in [0.25, 0.3) is 49.5 Å². The Labute approximate surface area is 740 Å². The standard InChI is InChI=1S/C30H22O5S2.2C18H22O7S2.C13H8O2S.C7H7ClO2S.C4H10O3/c31-29-21-5-1-4-8-26(21)37-28-18-20(9-11-23(28)29)35-16-14-33-13-15-34-19-10-12-27-24(17-19)30(32)22-6-2-3-7-25(22)36-27;2*1-15-3-7-17(8-4-15)26(19,20)24-13-11-23-12-14-25-27(21,22)18-9-5-16(2)6-10-18;14-8-5-6-12-10(7-8)13(15)9-3-1-2-4-11(9)16-12;1-6-2-4-7(5-3-6)11(8,9)10;5-1-3-7-4-2-6/h1-12,17-18H,13-16H2;2*3-10H,11-14H2,1-2H3;1-7,14H;2-5H,1H3;5-6H,1-4H2. The van der Waals surface area contributed by atoms with Crippen LogP contribution in [0.15, 0.2) is 288 Å². The van der Waals surface area contributed by atoms with Crippen LogP contribution in [-0.4, -0.2) is 163 Å². The summed E-state index contributed by atoms with van der Waals surface area (Å²) in [5.41, 5.74) is 4.84. The molecule has 0 unspecified atom stereocenters. The van der Waals surface area contributed by atoms with Crippen LogP contribution in [0, 0.1) is 34.6 Å². The number of aromatic hydroxyl groups is 1. The molecule has 26 nitrogen and oxygen atoms in total. The number of fused-ring (bicyclic) bond motifs is 6. The number of aryl methyl sites for hydroxylation is 5. The maximum Gasteiger partial charge on any atom is 0.297 e. The fourth-order valence-electron chi connectivity index (χ4n) is 11.1. The summed E-state index contributed by atoms with van der Waals surface area (Å²) < 4.78 is 175. The van der Waals surface area contributed by atoms with E-state index in [0.717, 1.165) is 66.8 Å². The van der Waals surface area contributed by atoms with E-state index in [1.54, 1.807) is 113 Å². The molecule has 0 fully saturated rings. The van der Waals surface area contributed by atoms with E-state index in [2.05, 4.69) is 4.74 Å². The Balaban J connectivity index is 0.000000181. The zero-order valence-corrected chi connectivity index (χ0v) is 75.6. The van der Waals surface area contributed by atoms with Crippen molar-refractivity contribution in [3.05, 3.63) is 307 Å². The van der Waals surface area contributed by atoms with Gasteiger partial charge in [0.15, 0.2) is 16.3 Å². The molecule has 0 atom stereocenters. The Hall–Kier alpha value is -9.87. The molecule has 662 valence electrons. The molecule has 3 aromatic heterocycles. The minimum Gasteiger partial charge on any atom is -0.508 e. The fraction of sp³-hybridized carbons (Fsp3) is 0.233. The highest BCUT2D eigenvalue weighted by Gasteiger charge is 2.20. The van der Waals surface area contributed by atoms with Gasteiger partial charge in [-0.15, -0.1) is 34.0 Å². The van der Waals surface area contributed by atoms with E-state index in [9.17, 15) is 61.6 Å². The number of aliphatic hydroxyl groups excluding tert-OH is 2. The summed E-state index contributed by atoms with van der Waals surface area (Å²) in [5.74, 6) is 1.48. The van der Waals surface area contributed by atoms with Gasteiger partial charge in [-0.05, 0) is 186 Å². The molecule has 0 aliphatic heterocycles. The Kier molecular flexibility index (Phi) is 38.1. The third-order valence-corrected chi connectivity index (χ3v) is 27.6. The van der Waals surface area contributed by atoms with E-state index in [1.165, 1.54) is 66.7 Å². The summed E-state index contributed by atoms with van der Waals surface area (Å²) in [4.78, 5) is 38.1. The monoisotopic (exact) mass is 1880 g/mol. The van der Waals surface area contributed by atoms with Crippen molar-refractivity contribution in [2.75, 3.05) is 106 Å². The maximum absolute atomic E-state index is 12.8. The van der Waals surface area contributed by atoms with Crippen LogP contribution >= 0.6 is 44.7 Å². The van der Waals surface area contributed by atoms with Crippen LogP contribution in [0.4, 0.5) is 0 Å². The number of halogens is 1. The molecule has 14 rings (SSSR count). The van der Waals surface area contributed by atoms with Crippen molar-refractivity contribution in [3.63, 3.8) is 0 Å². The first kappa shape index (κ1) is 98.9. The predicted octanol–water partition coefficient (Wildman–Crippen LogP) is 15.5. The zero-order valence-electron chi connectivity index (χ0n) is 68.4. The minimum absolute atomic E-state index is 0.0137. The highest BCUT2D eigenvalue weighted by molar-refractivity contribution is 8.13. The highest BCUT2D eigenvalue weighted by Crippen LogP contribution is 2.31. The largest absolute Gasteiger partial charge is 0.508 e. The fourth-order valence-corrected chi connectivity index (χ4v) is 18.7. The topological polar surface area (TPSA) is 375 Å². The Morgan fingerprint density at radius 3 is 0.880 bits per heavy atom. The average Bonchev–Trinajstić information content (AvgIpc) is 0.784. The van der Waals surface area contributed by atoms with Crippen LogP contribution in [0.3, 0.4) is 0 Å². The van der Waals surface area contributed by atoms with Gasteiger partial charge in [0.1, 0.15) is 30.5 Å². The lowest BCUT2D eigenvalue weighted by molar-refractivity contribution is 0.0650. The van der Waals surface area contributed by atoms with Crippen molar-refractivity contribution in [3.8, 4) is 17.2 Å². The summed E-state index contributed by atoms with van der Waals surface area (Å²) in [6, 6.07) is 70.5. The minimum atomic E-state index is -3.84. The molecule has 3 heterocycles. The Bertz CT molecular complexity index is 6380. The molecule has 0 aliphatic rings. The van der Waals surface area contributed by atoms with Crippen LogP contribution in [0.2, 0.25) is 0 Å². The van der Waals surface area contributed by atoms with Gasteiger partial charge in [0.05, 0.1) is 117 Å². The molecule has 11 aromatic carbocycles. The molecular formula is C90H91ClO26S8. The molecule has 35 heteroatoms. The van der Waals surface area contributed by atoms with Gasteiger partial charge in [-0.2, -0.15) is 33.7 Å². The third kappa shape index (κ3) is 30.7. The number of hydrogen-bond acceptors (Lipinski definition) is 29. The van der Waals surface area contributed by atoms with Crippen LogP contribution in [0.1, 0.15) is 27.8 Å². The Morgan fingerprint density at radius 1 is 0.272 bits per heavy atom. The number of rotatable bonds is 33. The number of hydrogen-bond donors (Lipinski definition) is 3. The van der Waals surface area contributed by atoms with Crippen molar-refractivity contribution in [2.24, 2.45) is 0 Å². The van der Waals surface area contributed by atoms with Gasteiger partial charge in [0, 0.05) is 71.2 Å². The van der Waals surface area contributed by atoms with Crippen LogP contribution in [-0.2, 0) is 85.2 Å². The second-order valence-corrected chi connectivity index (χ2v) is 39.3. The van der Waals surface area contributed by atoms with Crippen LogP contribution in [0.25, 0.3) is 60.5 Å². The summed E-state index contributed by atoms with van der Waals surface area (Å²) >= 11 is 4.75. The lowest BCUT2D eigenvalue weighted by Crippen LogP contribution is -2.15. The smallest absolute Gasteiger partial charge is 0.297 e. The van der Waals surface area contributed by atoms with Crippen LogP contribution < -0.4 is 25.8 Å². The third-order valence-electron chi connectivity index (χ3n) is 17.5. The molecular weight excluding hydrogens is 1790 g/mol. The first-order chi connectivity index (χ1) is 59.7. The molecule has 0 spiro atoms. The number of ether oxygens (including phenoxy) is 6. The van der Waals surface area contributed by atoms with Gasteiger partial charge in [-0.3, -0.25) is 31.1 Å². The van der Waals surface area contributed by atoms with Gasteiger partial charge >= 0.3 is 0 Å².